The molecule has 0 unspecified atom stereocenters. The van der Waals surface area contributed by atoms with Gasteiger partial charge in [-0.1, -0.05) is 0 Å². The molecule has 0 aliphatic heterocycles. The minimum Gasteiger partial charge on any atom is -0.480 e. The second-order valence-corrected chi connectivity index (χ2v) is 5.40. The summed E-state index contributed by atoms with van der Waals surface area (Å²) in [6, 6.07) is 7.04. The highest BCUT2D eigenvalue weighted by Gasteiger charge is 2.45. The predicted octanol–water partition coefficient (Wildman–Crippen LogP) is 2.62. The molecule has 0 aliphatic carbocycles. The fraction of sp³-hybridized carbons (Fsp3) is 0.294. The lowest BCUT2D eigenvalue weighted by atomic mass is 9.77. The Kier molecular flexibility index (Phi) is 7.32. The van der Waals surface area contributed by atoms with E-state index in [1.54, 1.807) is 49.1 Å². The second kappa shape index (κ2) is 8.98. The van der Waals surface area contributed by atoms with Crippen LogP contribution in [0, 0.1) is 5.41 Å². The Morgan fingerprint density at radius 3 is 1.42 bits per heavy atom. The summed E-state index contributed by atoms with van der Waals surface area (Å²) in [4.78, 5) is 31.2. The van der Waals surface area contributed by atoms with Crippen LogP contribution in [0.3, 0.4) is 0 Å². The van der Waals surface area contributed by atoms with Crippen LogP contribution in [0.4, 0.5) is 0 Å². The topological polar surface area (TPSA) is 100 Å². The molecule has 7 heteroatoms. The van der Waals surface area contributed by atoms with Crippen LogP contribution in [0.15, 0.2) is 49.1 Å². The molecule has 6 nitrogen and oxygen atoms in total. The van der Waals surface area contributed by atoms with Gasteiger partial charge >= 0.3 is 11.9 Å². The fourth-order valence-corrected chi connectivity index (χ4v) is 2.46. The van der Waals surface area contributed by atoms with Gasteiger partial charge in [0.1, 0.15) is 0 Å². The number of aryl methyl sites for hydroxylation is 2. The molecule has 24 heavy (non-hydrogen) atoms. The van der Waals surface area contributed by atoms with Crippen LogP contribution in [0.25, 0.3) is 0 Å². The Balaban J connectivity index is 0.00000288. The van der Waals surface area contributed by atoms with E-state index >= 15 is 0 Å². The smallest absolute Gasteiger partial charge is 0.321 e. The number of carboxylic acid groups (broad SMARTS) is 2. The average Bonchev–Trinajstić information content (AvgIpc) is 2.56. The van der Waals surface area contributed by atoms with E-state index in [0.29, 0.717) is 12.8 Å². The van der Waals surface area contributed by atoms with Gasteiger partial charge in [-0.05, 0) is 61.1 Å². The first-order valence-corrected chi connectivity index (χ1v) is 7.29. The van der Waals surface area contributed by atoms with E-state index in [1.165, 1.54) is 0 Å². The summed E-state index contributed by atoms with van der Waals surface area (Å²) < 4.78 is 0. The molecule has 0 radical (unpaired) electrons. The molecule has 0 bridgehead atoms. The Morgan fingerprint density at radius 2 is 1.12 bits per heavy atom. The number of aromatic nitrogens is 2. The van der Waals surface area contributed by atoms with Crippen molar-refractivity contribution < 1.29 is 19.8 Å². The summed E-state index contributed by atoms with van der Waals surface area (Å²) in [6.45, 7) is 0. The van der Waals surface area contributed by atoms with Crippen LogP contribution in [-0.4, -0.2) is 32.1 Å². The maximum Gasteiger partial charge on any atom is 0.321 e. The van der Waals surface area contributed by atoms with Crippen molar-refractivity contribution >= 4 is 24.3 Å². The molecule has 0 aromatic carbocycles. The molecule has 2 aromatic rings. The molecule has 0 aliphatic rings. The van der Waals surface area contributed by atoms with Crippen LogP contribution in [0.1, 0.15) is 24.0 Å². The van der Waals surface area contributed by atoms with E-state index in [9.17, 15) is 19.8 Å². The fourth-order valence-electron chi connectivity index (χ4n) is 2.46. The quantitative estimate of drug-likeness (QED) is 0.710. The van der Waals surface area contributed by atoms with Gasteiger partial charge in [0.05, 0.1) is 0 Å². The SMILES string of the molecule is Cl.O=C(O)C(CCc1ccncc1)(CCc1ccncc1)C(=O)O. The maximum atomic E-state index is 11.7. The van der Waals surface area contributed by atoms with Crippen molar-refractivity contribution in [3.05, 3.63) is 60.2 Å². The summed E-state index contributed by atoms with van der Waals surface area (Å²) in [5, 5.41) is 19.1. The van der Waals surface area contributed by atoms with E-state index in [0.717, 1.165) is 11.1 Å². The normalized spacial score (nSPS) is 10.7. The predicted molar refractivity (Wildman–Crippen MR) is 90.1 cm³/mol. The van der Waals surface area contributed by atoms with Crippen molar-refractivity contribution in [1.82, 2.24) is 9.97 Å². The highest BCUT2D eigenvalue weighted by Crippen LogP contribution is 2.31. The standard InChI is InChI=1S/C17H18N2O4.ClH/c20-15(21)17(16(22)23,7-1-13-3-9-18-10-4-13)8-2-14-5-11-19-12-6-14;/h3-6,9-12H,1-2,7-8H2,(H,20,21)(H,22,23);1H. The first-order valence-electron chi connectivity index (χ1n) is 7.29. The van der Waals surface area contributed by atoms with Gasteiger partial charge < -0.3 is 10.2 Å². The molecule has 2 heterocycles. The molecule has 2 aromatic heterocycles. The van der Waals surface area contributed by atoms with E-state index < -0.39 is 17.4 Å². The van der Waals surface area contributed by atoms with Crippen molar-refractivity contribution in [2.24, 2.45) is 5.41 Å². The highest BCUT2D eigenvalue weighted by atomic mass is 35.5. The molecular formula is C17H19ClN2O4. The molecule has 0 amide bonds. The average molecular weight is 351 g/mol. The zero-order valence-electron chi connectivity index (χ0n) is 13.0. The van der Waals surface area contributed by atoms with E-state index in [1.807, 2.05) is 0 Å². The van der Waals surface area contributed by atoms with Crippen LogP contribution in [0.2, 0.25) is 0 Å². The van der Waals surface area contributed by atoms with Gasteiger partial charge in [-0.2, -0.15) is 0 Å². The van der Waals surface area contributed by atoms with Crippen LogP contribution in [0.5, 0.6) is 0 Å². The molecule has 0 fully saturated rings. The minimum absolute atomic E-state index is 0. The molecule has 128 valence electrons. The number of aliphatic carboxylic acids is 2. The van der Waals surface area contributed by atoms with Gasteiger partial charge in [-0.3, -0.25) is 19.6 Å². The Hall–Kier alpha value is -2.47. The van der Waals surface area contributed by atoms with Gasteiger partial charge in [0.2, 0.25) is 0 Å². The number of carbonyl (C=O) groups is 2. The van der Waals surface area contributed by atoms with Crippen molar-refractivity contribution in [2.75, 3.05) is 0 Å². The molecule has 2 rings (SSSR count). The van der Waals surface area contributed by atoms with Crippen LogP contribution < -0.4 is 0 Å². The Bertz CT molecular complexity index is 605. The molecule has 0 atom stereocenters. The van der Waals surface area contributed by atoms with Gasteiger partial charge in [0.25, 0.3) is 0 Å². The lowest BCUT2D eigenvalue weighted by Gasteiger charge is -2.25. The molecular weight excluding hydrogens is 332 g/mol. The van der Waals surface area contributed by atoms with E-state index in [-0.39, 0.29) is 25.2 Å². The van der Waals surface area contributed by atoms with Gasteiger partial charge in [-0.15, -0.1) is 12.4 Å². The Morgan fingerprint density at radius 1 is 0.792 bits per heavy atom. The summed E-state index contributed by atoms with van der Waals surface area (Å²) in [5.41, 5.74) is -0.0569. The zero-order chi connectivity index (χ0) is 16.7. The molecule has 0 saturated carbocycles. The van der Waals surface area contributed by atoms with Gasteiger partial charge in [0, 0.05) is 24.8 Å². The van der Waals surface area contributed by atoms with Crippen molar-refractivity contribution in [3.63, 3.8) is 0 Å². The second-order valence-electron chi connectivity index (χ2n) is 5.40. The minimum atomic E-state index is -1.80. The number of halogens is 1. The summed E-state index contributed by atoms with van der Waals surface area (Å²) in [6.07, 6.45) is 7.24. The van der Waals surface area contributed by atoms with E-state index in [4.69, 9.17) is 0 Å². The third-order valence-electron chi connectivity index (χ3n) is 4.00. The monoisotopic (exact) mass is 350 g/mol. The summed E-state index contributed by atoms with van der Waals surface area (Å²) in [5.74, 6) is -2.60. The first kappa shape index (κ1) is 19.6. The van der Waals surface area contributed by atoms with Gasteiger partial charge in [-0.25, -0.2) is 0 Å². The third kappa shape index (κ3) is 4.76. The number of pyridine rings is 2. The highest BCUT2D eigenvalue weighted by molar-refractivity contribution is 5.98. The van der Waals surface area contributed by atoms with Gasteiger partial charge in [0.15, 0.2) is 5.41 Å². The number of nitrogens with zero attached hydrogens (tertiary/aromatic N) is 2. The summed E-state index contributed by atoms with van der Waals surface area (Å²) in [7, 11) is 0. The number of hydrogen-bond acceptors (Lipinski definition) is 4. The molecule has 2 N–H and O–H groups in total. The molecule has 0 saturated heterocycles. The number of rotatable bonds is 8. The lowest BCUT2D eigenvalue weighted by molar-refractivity contribution is -0.165. The Labute approximate surface area is 146 Å². The first-order chi connectivity index (χ1) is 11.0. The number of carboxylic acids is 2. The van der Waals surface area contributed by atoms with Crippen molar-refractivity contribution in [3.8, 4) is 0 Å². The lowest BCUT2D eigenvalue weighted by Crippen LogP contribution is -2.40. The summed E-state index contributed by atoms with van der Waals surface area (Å²) >= 11 is 0. The van der Waals surface area contributed by atoms with Crippen LogP contribution >= 0.6 is 12.4 Å². The maximum absolute atomic E-state index is 11.7. The largest absolute Gasteiger partial charge is 0.480 e. The van der Waals surface area contributed by atoms with E-state index in [2.05, 4.69) is 9.97 Å². The van der Waals surface area contributed by atoms with Crippen molar-refractivity contribution in [1.29, 1.82) is 0 Å². The molecule has 0 spiro atoms. The van der Waals surface area contributed by atoms with Crippen molar-refractivity contribution in [2.45, 2.75) is 25.7 Å². The third-order valence-corrected chi connectivity index (χ3v) is 4.00. The number of hydrogen-bond donors (Lipinski definition) is 2. The van der Waals surface area contributed by atoms with Crippen LogP contribution in [-0.2, 0) is 22.4 Å². The zero-order valence-corrected chi connectivity index (χ0v) is 13.8.